The van der Waals surface area contributed by atoms with Gasteiger partial charge >= 0.3 is 0 Å². The topological polar surface area (TPSA) is 63.6 Å². The number of rotatable bonds is 5. The Morgan fingerprint density at radius 1 is 1.42 bits per heavy atom. The second-order valence-corrected chi connectivity index (χ2v) is 7.14. The summed E-state index contributed by atoms with van der Waals surface area (Å²) in [5.74, 6) is 0.0122. The Morgan fingerprint density at radius 2 is 2.27 bits per heavy atom. The predicted molar refractivity (Wildman–Crippen MR) is 100 cm³/mol. The Morgan fingerprint density at radius 3 is 3.00 bits per heavy atom. The lowest BCUT2D eigenvalue weighted by molar-refractivity contribution is -0.126. The van der Waals surface area contributed by atoms with Crippen LogP contribution in [0.3, 0.4) is 0 Å². The number of nitrogens with zero attached hydrogens (tertiary/aromatic N) is 2. The normalized spacial score (nSPS) is 25.8. The molecule has 1 aromatic heterocycles. The van der Waals surface area contributed by atoms with Crippen LogP contribution >= 0.6 is 0 Å². The first kappa shape index (κ1) is 18.5. The molecule has 0 aromatic carbocycles. The Kier molecular flexibility index (Phi) is 5.61. The van der Waals surface area contributed by atoms with Gasteiger partial charge in [0.2, 0.25) is 11.8 Å². The van der Waals surface area contributed by atoms with Crippen LogP contribution in [0, 0.1) is 5.92 Å². The highest BCUT2D eigenvalue weighted by molar-refractivity contribution is 5.92. The van der Waals surface area contributed by atoms with Crippen LogP contribution in [0.15, 0.2) is 36.7 Å². The number of carbonyl (C=O) groups excluding carboxylic acids is 2. The molecule has 2 aliphatic rings. The summed E-state index contributed by atoms with van der Waals surface area (Å²) >= 11 is 0. The zero-order valence-corrected chi connectivity index (χ0v) is 15.5. The minimum atomic E-state index is -0.385. The highest BCUT2D eigenvalue weighted by Crippen LogP contribution is 2.34. The largest absolute Gasteiger partial charge is 0.381 e. The standard InChI is InChI=1S/C20H27N3O3/c1-3-4-5-18(24)21-20-9-11-26-14-17(20)13-23(15-20)19(25)7-6-16-8-10-22(2)12-16/h4-8,10,12,17H,3,9,11,13-15H2,1-2H3,(H,21,24)/b5-4+,7-6+. The summed E-state index contributed by atoms with van der Waals surface area (Å²) in [6.45, 7) is 4.31. The molecule has 2 saturated heterocycles. The van der Waals surface area contributed by atoms with Gasteiger partial charge in [0.1, 0.15) is 0 Å². The predicted octanol–water partition coefficient (Wildman–Crippen LogP) is 1.74. The smallest absolute Gasteiger partial charge is 0.246 e. The third kappa shape index (κ3) is 4.07. The van der Waals surface area contributed by atoms with Crippen LogP contribution in [0.25, 0.3) is 6.08 Å². The number of nitrogens with one attached hydrogen (secondary N) is 1. The van der Waals surface area contributed by atoms with Gasteiger partial charge in [-0.2, -0.15) is 0 Å². The lowest BCUT2D eigenvalue weighted by Gasteiger charge is -2.38. The molecule has 1 aromatic rings. The van der Waals surface area contributed by atoms with Crippen LogP contribution in [0.4, 0.5) is 0 Å². The van der Waals surface area contributed by atoms with Gasteiger partial charge in [0.05, 0.1) is 12.1 Å². The van der Waals surface area contributed by atoms with Crippen molar-refractivity contribution in [2.45, 2.75) is 25.3 Å². The summed E-state index contributed by atoms with van der Waals surface area (Å²) in [6.07, 6.45) is 12.3. The molecule has 2 fully saturated rings. The maximum Gasteiger partial charge on any atom is 0.246 e. The zero-order valence-electron chi connectivity index (χ0n) is 15.5. The van der Waals surface area contributed by atoms with Gasteiger partial charge in [-0.3, -0.25) is 9.59 Å². The van der Waals surface area contributed by atoms with Crippen LogP contribution in [-0.2, 0) is 21.4 Å². The number of allylic oxidation sites excluding steroid dienone is 1. The molecule has 6 nitrogen and oxygen atoms in total. The first-order valence-corrected chi connectivity index (χ1v) is 9.18. The third-order valence-electron chi connectivity index (χ3n) is 5.17. The minimum absolute atomic E-state index is 0.0269. The average Bonchev–Trinajstić information content (AvgIpc) is 3.21. The molecule has 0 aliphatic carbocycles. The molecular formula is C20H27N3O3. The molecule has 3 rings (SSSR count). The maximum atomic E-state index is 12.6. The van der Waals surface area contributed by atoms with Crippen LogP contribution in [0.1, 0.15) is 25.3 Å². The summed E-state index contributed by atoms with van der Waals surface area (Å²) in [5, 5.41) is 3.16. The average molecular weight is 357 g/mol. The van der Waals surface area contributed by atoms with E-state index in [0.717, 1.165) is 18.4 Å². The van der Waals surface area contributed by atoms with Gasteiger partial charge in [0.25, 0.3) is 0 Å². The van der Waals surface area contributed by atoms with Crippen molar-refractivity contribution in [2.75, 3.05) is 26.3 Å². The number of hydrogen-bond acceptors (Lipinski definition) is 3. The Labute approximate surface area is 154 Å². The van der Waals surface area contributed by atoms with Crippen molar-refractivity contribution in [3.63, 3.8) is 0 Å². The molecule has 0 radical (unpaired) electrons. The lowest BCUT2D eigenvalue weighted by Crippen LogP contribution is -2.57. The monoisotopic (exact) mass is 357 g/mol. The van der Waals surface area contributed by atoms with Crippen LogP contribution < -0.4 is 5.32 Å². The fraction of sp³-hybridized carbons (Fsp3) is 0.500. The first-order valence-electron chi connectivity index (χ1n) is 9.18. The summed E-state index contributed by atoms with van der Waals surface area (Å²) in [7, 11) is 1.95. The SMILES string of the molecule is CC/C=C/C(=O)NC12CCOCC1CN(C(=O)/C=C/c1ccn(C)c1)C2. The molecule has 1 N–H and O–H groups in total. The molecule has 2 amide bonds. The molecule has 0 saturated carbocycles. The Bertz CT molecular complexity index is 722. The number of likely N-dealkylation sites (tertiary alicyclic amines) is 1. The maximum absolute atomic E-state index is 12.6. The van der Waals surface area contributed by atoms with E-state index in [4.69, 9.17) is 4.74 Å². The van der Waals surface area contributed by atoms with Crippen molar-refractivity contribution in [2.24, 2.45) is 13.0 Å². The van der Waals surface area contributed by atoms with E-state index in [1.807, 2.05) is 54.1 Å². The minimum Gasteiger partial charge on any atom is -0.381 e. The van der Waals surface area contributed by atoms with Crippen molar-refractivity contribution in [1.82, 2.24) is 14.8 Å². The highest BCUT2D eigenvalue weighted by Gasteiger charge is 2.50. The van der Waals surface area contributed by atoms with E-state index in [2.05, 4.69) is 5.32 Å². The molecule has 0 bridgehead atoms. The molecule has 2 atom stereocenters. The number of fused-ring (bicyclic) bond motifs is 1. The van der Waals surface area contributed by atoms with E-state index >= 15 is 0 Å². The van der Waals surface area contributed by atoms with E-state index in [0.29, 0.717) is 26.3 Å². The van der Waals surface area contributed by atoms with Crippen molar-refractivity contribution in [1.29, 1.82) is 0 Å². The van der Waals surface area contributed by atoms with Gasteiger partial charge in [-0.05, 0) is 36.6 Å². The van der Waals surface area contributed by atoms with Crippen molar-refractivity contribution in [3.05, 3.63) is 42.3 Å². The number of carbonyl (C=O) groups is 2. The number of aryl methyl sites for hydroxylation is 1. The molecule has 140 valence electrons. The lowest BCUT2D eigenvalue weighted by atomic mass is 9.83. The van der Waals surface area contributed by atoms with Crippen molar-refractivity contribution < 1.29 is 14.3 Å². The van der Waals surface area contributed by atoms with Gasteiger partial charge in [0, 0.05) is 51.1 Å². The van der Waals surface area contributed by atoms with Gasteiger partial charge in [0.15, 0.2) is 0 Å². The molecule has 2 unspecified atom stereocenters. The summed E-state index contributed by atoms with van der Waals surface area (Å²) in [4.78, 5) is 26.7. The van der Waals surface area contributed by atoms with Gasteiger partial charge in [-0.15, -0.1) is 0 Å². The van der Waals surface area contributed by atoms with Gasteiger partial charge < -0.3 is 19.5 Å². The van der Waals surface area contributed by atoms with E-state index in [-0.39, 0.29) is 23.3 Å². The summed E-state index contributed by atoms with van der Waals surface area (Å²) < 4.78 is 7.55. The number of ether oxygens (including phenoxy) is 1. The number of amides is 2. The van der Waals surface area contributed by atoms with E-state index in [9.17, 15) is 9.59 Å². The summed E-state index contributed by atoms with van der Waals surface area (Å²) in [5.41, 5.74) is 0.609. The highest BCUT2D eigenvalue weighted by atomic mass is 16.5. The molecular weight excluding hydrogens is 330 g/mol. The van der Waals surface area contributed by atoms with Crippen molar-refractivity contribution in [3.8, 4) is 0 Å². The molecule has 3 heterocycles. The Balaban J connectivity index is 1.69. The molecule has 26 heavy (non-hydrogen) atoms. The van der Waals surface area contributed by atoms with Crippen LogP contribution in [0.5, 0.6) is 0 Å². The van der Waals surface area contributed by atoms with E-state index in [1.54, 1.807) is 12.2 Å². The third-order valence-corrected chi connectivity index (χ3v) is 5.17. The number of aromatic nitrogens is 1. The van der Waals surface area contributed by atoms with E-state index < -0.39 is 0 Å². The second-order valence-electron chi connectivity index (χ2n) is 7.14. The summed E-state index contributed by atoms with van der Waals surface area (Å²) in [6, 6.07) is 1.96. The van der Waals surface area contributed by atoms with E-state index in [1.165, 1.54) is 0 Å². The molecule has 6 heteroatoms. The molecule has 2 aliphatic heterocycles. The fourth-order valence-corrected chi connectivity index (χ4v) is 3.73. The number of hydrogen-bond donors (Lipinski definition) is 1. The molecule has 0 spiro atoms. The zero-order chi connectivity index (χ0) is 18.6. The quantitative estimate of drug-likeness (QED) is 0.817. The van der Waals surface area contributed by atoms with Crippen LogP contribution in [0.2, 0.25) is 0 Å². The van der Waals surface area contributed by atoms with Gasteiger partial charge in [-0.1, -0.05) is 13.0 Å². The Hall–Kier alpha value is -2.34. The first-order chi connectivity index (χ1) is 12.5. The fourth-order valence-electron chi connectivity index (χ4n) is 3.73. The van der Waals surface area contributed by atoms with Crippen LogP contribution in [-0.4, -0.2) is 53.1 Å². The van der Waals surface area contributed by atoms with Gasteiger partial charge in [-0.25, -0.2) is 0 Å². The second kappa shape index (κ2) is 7.91. The van der Waals surface area contributed by atoms with Crippen molar-refractivity contribution >= 4 is 17.9 Å².